The molecule has 0 unspecified atom stereocenters. The summed E-state index contributed by atoms with van der Waals surface area (Å²) in [5.41, 5.74) is 2.23. The minimum atomic E-state index is -0.845. The van der Waals surface area contributed by atoms with E-state index in [1.54, 1.807) is 49.7 Å². The van der Waals surface area contributed by atoms with Crippen molar-refractivity contribution in [2.24, 2.45) is 0 Å². The zero-order valence-electron chi connectivity index (χ0n) is 18.2. The molecule has 1 atom stereocenters. The van der Waals surface area contributed by atoms with Gasteiger partial charge in [0.1, 0.15) is 11.9 Å². The molecule has 0 aliphatic carbocycles. The van der Waals surface area contributed by atoms with Crippen molar-refractivity contribution in [3.63, 3.8) is 0 Å². The largest absolute Gasteiger partial charge is 0.493 e. The van der Waals surface area contributed by atoms with E-state index in [0.717, 1.165) is 5.56 Å². The van der Waals surface area contributed by atoms with Crippen LogP contribution in [0.2, 0.25) is 0 Å². The number of amides is 2. The Morgan fingerprint density at radius 2 is 1.79 bits per heavy atom. The highest BCUT2D eigenvalue weighted by atomic mass is 16.5. The third-order valence-electron chi connectivity index (χ3n) is 5.30. The number of benzene rings is 2. The fraction of sp³-hybridized carbons (Fsp3) is 0.217. The molecule has 0 spiro atoms. The maximum atomic E-state index is 13.0. The molecular formula is C23H22N4O6. The normalized spacial score (nSPS) is 14.6. The van der Waals surface area contributed by atoms with Gasteiger partial charge in [0.15, 0.2) is 11.5 Å². The standard InChI is InChI=1S/C23H22N4O6/c1-31-18-9-6-14(10-19(18)32-2)16-12-24-27-17(11-20(28)26-21(16)27)22(29)25-15-7-4-13(5-8-15)23(30)33-3/h4-10,12,17H,11H2,1-3H3,(H,25,29)(H,26,28)/t17-/m0/s1. The van der Waals surface area contributed by atoms with Gasteiger partial charge < -0.3 is 24.8 Å². The molecule has 10 heteroatoms. The van der Waals surface area contributed by atoms with E-state index in [0.29, 0.717) is 34.1 Å². The van der Waals surface area contributed by atoms with Crippen LogP contribution in [0.1, 0.15) is 22.8 Å². The third-order valence-corrected chi connectivity index (χ3v) is 5.30. The average Bonchev–Trinajstić information content (AvgIpc) is 3.26. The van der Waals surface area contributed by atoms with Gasteiger partial charge in [0.2, 0.25) is 11.8 Å². The molecule has 1 aromatic heterocycles. The Kier molecular flexibility index (Phi) is 5.99. The Hall–Kier alpha value is -4.34. The first kappa shape index (κ1) is 21.9. The molecule has 170 valence electrons. The molecule has 3 aromatic rings. The maximum absolute atomic E-state index is 13.0. The topological polar surface area (TPSA) is 121 Å². The van der Waals surface area contributed by atoms with Gasteiger partial charge in [0.05, 0.1) is 39.5 Å². The highest BCUT2D eigenvalue weighted by Gasteiger charge is 2.33. The molecule has 2 aromatic carbocycles. The van der Waals surface area contributed by atoms with Gasteiger partial charge in [-0.05, 0) is 42.0 Å². The van der Waals surface area contributed by atoms with Gasteiger partial charge in [-0.2, -0.15) is 5.10 Å². The van der Waals surface area contributed by atoms with E-state index < -0.39 is 17.9 Å². The molecule has 2 N–H and O–H groups in total. The molecule has 0 bridgehead atoms. The predicted octanol–water partition coefficient (Wildman–Crippen LogP) is 2.88. The van der Waals surface area contributed by atoms with Crippen LogP contribution in [-0.2, 0) is 14.3 Å². The van der Waals surface area contributed by atoms with Crippen molar-refractivity contribution in [1.82, 2.24) is 9.78 Å². The van der Waals surface area contributed by atoms with Gasteiger partial charge in [0.25, 0.3) is 0 Å². The molecular weight excluding hydrogens is 428 g/mol. The Bertz CT molecular complexity index is 1220. The van der Waals surface area contributed by atoms with Crippen molar-refractivity contribution in [2.75, 3.05) is 32.0 Å². The number of hydrogen-bond donors (Lipinski definition) is 2. The van der Waals surface area contributed by atoms with Crippen LogP contribution < -0.4 is 20.1 Å². The molecule has 4 rings (SSSR count). The second kappa shape index (κ2) is 9.03. The van der Waals surface area contributed by atoms with Crippen LogP contribution in [-0.4, -0.2) is 48.9 Å². The molecule has 2 heterocycles. The molecule has 2 amide bonds. The zero-order chi connectivity index (χ0) is 23.5. The first-order valence-electron chi connectivity index (χ1n) is 10.0. The summed E-state index contributed by atoms with van der Waals surface area (Å²) < 4.78 is 16.8. The second-order valence-electron chi connectivity index (χ2n) is 7.25. The summed E-state index contributed by atoms with van der Waals surface area (Å²) >= 11 is 0. The van der Waals surface area contributed by atoms with Crippen LogP contribution >= 0.6 is 0 Å². The number of hydrogen-bond acceptors (Lipinski definition) is 7. The summed E-state index contributed by atoms with van der Waals surface area (Å²) in [6, 6.07) is 10.8. The van der Waals surface area contributed by atoms with E-state index in [2.05, 4.69) is 20.5 Å². The van der Waals surface area contributed by atoms with Gasteiger partial charge in [-0.15, -0.1) is 0 Å². The molecule has 1 aliphatic heterocycles. The maximum Gasteiger partial charge on any atom is 0.337 e. The highest BCUT2D eigenvalue weighted by Crippen LogP contribution is 2.38. The van der Waals surface area contributed by atoms with Crippen LogP contribution in [0.3, 0.4) is 0 Å². The minimum absolute atomic E-state index is 0.0634. The van der Waals surface area contributed by atoms with E-state index >= 15 is 0 Å². The van der Waals surface area contributed by atoms with Crippen LogP contribution in [0.5, 0.6) is 11.5 Å². The lowest BCUT2D eigenvalue weighted by Gasteiger charge is -2.24. The van der Waals surface area contributed by atoms with Crippen molar-refractivity contribution in [2.45, 2.75) is 12.5 Å². The Morgan fingerprint density at radius 3 is 2.45 bits per heavy atom. The van der Waals surface area contributed by atoms with Crippen LogP contribution in [0.15, 0.2) is 48.7 Å². The van der Waals surface area contributed by atoms with Crippen molar-refractivity contribution in [3.8, 4) is 22.6 Å². The number of fused-ring (bicyclic) bond motifs is 1. The van der Waals surface area contributed by atoms with E-state index in [4.69, 9.17) is 9.47 Å². The number of anilines is 2. The number of nitrogens with one attached hydrogen (secondary N) is 2. The average molecular weight is 450 g/mol. The number of aromatic nitrogens is 2. The molecule has 1 aliphatic rings. The molecule has 0 saturated carbocycles. The van der Waals surface area contributed by atoms with Crippen molar-refractivity contribution in [3.05, 3.63) is 54.2 Å². The van der Waals surface area contributed by atoms with E-state index in [9.17, 15) is 14.4 Å². The highest BCUT2D eigenvalue weighted by molar-refractivity contribution is 6.03. The first-order chi connectivity index (χ1) is 15.9. The Morgan fingerprint density at radius 1 is 1.06 bits per heavy atom. The quantitative estimate of drug-likeness (QED) is 0.554. The van der Waals surface area contributed by atoms with Crippen molar-refractivity contribution < 1.29 is 28.6 Å². The van der Waals surface area contributed by atoms with Crippen molar-refractivity contribution >= 4 is 29.3 Å². The SMILES string of the molecule is COC(=O)c1ccc(NC(=O)[C@@H]2CC(=O)Nc3c(-c4ccc(OC)c(OC)c4)cnn32)cc1. The summed E-state index contributed by atoms with van der Waals surface area (Å²) in [4.78, 5) is 37.0. The number of methoxy groups -OCH3 is 3. The van der Waals surface area contributed by atoms with Crippen LogP contribution in [0.25, 0.3) is 11.1 Å². The summed E-state index contributed by atoms with van der Waals surface area (Å²) in [5.74, 6) is 0.341. The fourth-order valence-corrected chi connectivity index (χ4v) is 3.62. The summed E-state index contributed by atoms with van der Waals surface area (Å²) in [6.07, 6.45) is 1.53. The lowest BCUT2D eigenvalue weighted by atomic mass is 10.1. The first-order valence-corrected chi connectivity index (χ1v) is 10.0. The number of carbonyl (C=O) groups excluding carboxylic acids is 3. The third kappa shape index (κ3) is 4.22. The van der Waals surface area contributed by atoms with Gasteiger partial charge in [0, 0.05) is 11.3 Å². The fourth-order valence-electron chi connectivity index (χ4n) is 3.62. The number of carbonyl (C=O) groups is 3. The summed E-state index contributed by atoms with van der Waals surface area (Å²) in [5, 5.41) is 9.94. The Balaban J connectivity index is 1.61. The molecule has 0 fully saturated rings. The van der Waals surface area contributed by atoms with Crippen molar-refractivity contribution in [1.29, 1.82) is 0 Å². The molecule has 0 saturated heterocycles. The zero-order valence-corrected chi connectivity index (χ0v) is 18.2. The summed E-state index contributed by atoms with van der Waals surface area (Å²) in [7, 11) is 4.38. The number of rotatable bonds is 6. The minimum Gasteiger partial charge on any atom is -0.493 e. The molecule has 33 heavy (non-hydrogen) atoms. The number of ether oxygens (including phenoxy) is 3. The molecule has 0 radical (unpaired) electrons. The number of esters is 1. The number of nitrogens with zero attached hydrogens (tertiary/aromatic N) is 2. The van der Waals surface area contributed by atoms with E-state index in [1.165, 1.54) is 18.9 Å². The van der Waals surface area contributed by atoms with E-state index in [1.807, 2.05) is 6.07 Å². The monoisotopic (exact) mass is 450 g/mol. The van der Waals surface area contributed by atoms with Crippen LogP contribution in [0.4, 0.5) is 11.5 Å². The van der Waals surface area contributed by atoms with E-state index in [-0.39, 0.29) is 12.3 Å². The lowest BCUT2D eigenvalue weighted by molar-refractivity contribution is -0.125. The van der Waals surface area contributed by atoms with Gasteiger partial charge >= 0.3 is 5.97 Å². The second-order valence-corrected chi connectivity index (χ2v) is 7.25. The smallest absolute Gasteiger partial charge is 0.337 e. The van der Waals surface area contributed by atoms with Gasteiger partial charge in [-0.25, -0.2) is 9.48 Å². The van der Waals surface area contributed by atoms with Gasteiger partial charge in [-0.3, -0.25) is 9.59 Å². The predicted molar refractivity (Wildman–Crippen MR) is 119 cm³/mol. The lowest BCUT2D eigenvalue weighted by Crippen LogP contribution is -2.35. The van der Waals surface area contributed by atoms with Gasteiger partial charge in [-0.1, -0.05) is 6.07 Å². The summed E-state index contributed by atoms with van der Waals surface area (Å²) in [6.45, 7) is 0. The van der Waals surface area contributed by atoms with Crippen LogP contribution in [0, 0.1) is 0 Å². The molecule has 10 nitrogen and oxygen atoms in total. The Labute approximate surface area is 189 Å².